The number of esters is 1. The zero-order valence-electron chi connectivity index (χ0n) is 11.8. The number of rotatable bonds is 3. The minimum atomic E-state index is -0.605. The van der Waals surface area contributed by atoms with E-state index in [2.05, 4.69) is 4.98 Å². The lowest BCUT2D eigenvalue weighted by Crippen LogP contribution is -2.15. The standard InChI is InChI=1S/C17H13NO4/c1-21-14-8-4-5-9-15(14)22-17(20)12-10-16(19)18-13-7-3-2-6-11(12)13/h2-10H,1H3,(H,18,19). The van der Waals surface area contributed by atoms with Crippen LogP contribution in [0.1, 0.15) is 10.4 Å². The summed E-state index contributed by atoms with van der Waals surface area (Å²) < 4.78 is 10.5. The predicted molar refractivity (Wildman–Crippen MR) is 82.5 cm³/mol. The van der Waals surface area contributed by atoms with E-state index in [1.807, 2.05) is 0 Å². The van der Waals surface area contributed by atoms with Crippen LogP contribution in [-0.4, -0.2) is 18.1 Å². The van der Waals surface area contributed by atoms with Gasteiger partial charge in [-0.3, -0.25) is 4.79 Å². The van der Waals surface area contributed by atoms with Crippen molar-refractivity contribution in [2.75, 3.05) is 7.11 Å². The van der Waals surface area contributed by atoms with Crippen LogP contribution >= 0.6 is 0 Å². The topological polar surface area (TPSA) is 68.4 Å². The van der Waals surface area contributed by atoms with E-state index in [1.165, 1.54) is 13.2 Å². The summed E-state index contributed by atoms with van der Waals surface area (Å²) >= 11 is 0. The van der Waals surface area contributed by atoms with Gasteiger partial charge in [0.1, 0.15) is 0 Å². The Morgan fingerprint density at radius 1 is 1.00 bits per heavy atom. The smallest absolute Gasteiger partial charge is 0.344 e. The number of para-hydroxylation sites is 3. The molecule has 22 heavy (non-hydrogen) atoms. The minimum absolute atomic E-state index is 0.213. The number of methoxy groups -OCH3 is 1. The zero-order valence-corrected chi connectivity index (χ0v) is 11.8. The number of hydrogen-bond acceptors (Lipinski definition) is 4. The summed E-state index contributed by atoms with van der Waals surface area (Å²) in [7, 11) is 1.50. The van der Waals surface area contributed by atoms with Crippen LogP contribution in [0.5, 0.6) is 11.5 Å². The van der Waals surface area contributed by atoms with Gasteiger partial charge in [-0.2, -0.15) is 0 Å². The molecule has 5 nitrogen and oxygen atoms in total. The van der Waals surface area contributed by atoms with Gasteiger partial charge in [0.25, 0.3) is 0 Å². The first kappa shape index (κ1) is 13.9. The highest BCUT2D eigenvalue weighted by Crippen LogP contribution is 2.27. The summed E-state index contributed by atoms with van der Waals surface area (Å²) in [4.78, 5) is 26.8. The Bertz CT molecular complexity index is 898. The van der Waals surface area contributed by atoms with Crippen molar-refractivity contribution in [3.63, 3.8) is 0 Å². The van der Waals surface area contributed by atoms with Crippen LogP contribution in [0.25, 0.3) is 10.9 Å². The molecule has 1 aromatic heterocycles. The lowest BCUT2D eigenvalue weighted by molar-refractivity contribution is 0.0731. The van der Waals surface area contributed by atoms with Crippen LogP contribution in [-0.2, 0) is 0 Å². The molecule has 0 aliphatic heterocycles. The highest BCUT2D eigenvalue weighted by Gasteiger charge is 2.15. The highest BCUT2D eigenvalue weighted by molar-refractivity contribution is 6.04. The number of aromatic nitrogens is 1. The molecule has 0 fully saturated rings. The molecule has 3 rings (SSSR count). The van der Waals surface area contributed by atoms with Gasteiger partial charge in [0.15, 0.2) is 11.5 Å². The summed E-state index contributed by atoms with van der Waals surface area (Å²) in [5, 5.41) is 0.627. The number of nitrogens with one attached hydrogen (secondary N) is 1. The van der Waals surface area contributed by atoms with Crippen LogP contribution in [0.15, 0.2) is 59.4 Å². The molecule has 2 aromatic carbocycles. The first-order valence-electron chi connectivity index (χ1n) is 6.66. The number of hydrogen-bond donors (Lipinski definition) is 1. The molecule has 0 aliphatic carbocycles. The third-order valence-corrected chi connectivity index (χ3v) is 3.24. The lowest BCUT2D eigenvalue weighted by Gasteiger charge is -2.09. The van der Waals surface area contributed by atoms with Gasteiger partial charge in [0.2, 0.25) is 5.56 Å². The van der Waals surface area contributed by atoms with Crippen molar-refractivity contribution >= 4 is 16.9 Å². The number of benzene rings is 2. The minimum Gasteiger partial charge on any atom is -0.493 e. The average molecular weight is 295 g/mol. The van der Waals surface area contributed by atoms with Crippen molar-refractivity contribution in [2.24, 2.45) is 0 Å². The van der Waals surface area contributed by atoms with Gasteiger partial charge in [-0.05, 0) is 18.2 Å². The SMILES string of the molecule is COc1ccccc1OC(=O)c1cc(=O)[nH]c2ccccc12. The van der Waals surface area contributed by atoms with Gasteiger partial charge in [0.05, 0.1) is 12.7 Å². The zero-order chi connectivity index (χ0) is 15.5. The Morgan fingerprint density at radius 2 is 1.68 bits per heavy atom. The highest BCUT2D eigenvalue weighted by atomic mass is 16.6. The molecular formula is C17H13NO4. The fraction of sp³-hybridized carbons (Fsp3) is 0.0588. The lowest BCUT2D eigenvalue weighted by atomic mass is 10.1. The van der Waals surface area contributed by atoms with Crippen LogP contribution in [0.3, 0.4) is 0 Å². The molecule has 0 radical (unpaired) electrons. The maximum Gasteiger partial charge on any atom is 0.344 e. The maximum absolute atomic E-state index is 12.4. The third-order valence-electron chi connectivity index (χ3n) is 3.24. The molecular weight excluding hydrogens is 282 g/mol. The van der Waals surface area contributed by atoms with E-state index in [-0.39, 0.29) is 11.1 Å². The molecule has 0 atom stereocenters. The van der Waals surface area contributed by atoms with Crippen molar-refractivity contribution in [1.82, 2.24) is 4.98 Å². The number of H-pyrrole nitrogens is 1. The van der Waals surface area contributed by atoms with Crippen molar-refractivity contribution in [2.45, 2.75) is 0 Å². The summed E-state index contributed by atoms with van der Waals surface area (Å²) in [5.41, 5.74) is 0.443. The van der Waals surface area contributed by atoms with Crippen LogP contribution < -0.4 is 15.0 Å². The van der Waals surface area contributed by atoms with Gasteiger partial charge in [0, 0.05) is 17.0 Å². The number of fused-ring (bicyclic) bond motifs is 1. The fourth-order valence-corrected chi connectivity index (χ4v) is 2.23. The van der Waals surface area contributed by atoms with Gasteiger partial charge >= 0.3 is 5.97 Å². The van der Waals surface area contributed by atoms with E-state index >= 15 is 0 Å². The molecule has 0 aliphatic rings. The molecule has 0 saturated heterocycles. The van der Waals surface area contributed by atoms with Gasteiger partial charge in [-0.15, -0.1) is 0 Å². The maximum atomic E-state index is 12.4. The van der Waals surface area contributed by atoms with Gasteiger partial charge in [-0.25, -0.2) is 4.79 Å². The molecule has 3 aromatic rings. The Hall–Kier alpha value is -3.08. The second kappa shape index (κ2) is 5.73. The number of carbonyl (C=O) groups excluding carboxylic acids is 1. The second-order valence-corrected chi connectivity index (χ2v) is 4.63. The van der Waals surface area contributed by atoms with E-state index in [0.717, 1.165) is 0 Å². The molecule has 1 N–H and O–H groups in total. The summed E-state index contributed by atoms with van der Waals surface area (Å²) in [6, 6.07) is 15.1. The molecule has 5 heteroatoms. The average Bonchev–Trinajstić information content (AvgIpc) is 2.54. The van der Waals surface area contributed by atoms with Crippen LogP contribution in [0.4, 0.5) is 0 Å². The summed E-state index contributed by atoms with van der Waals surface area (Å²) in [5.74, 6) is 0.149. The Morgan fingerprint density at radius 3 is 2.45 bits per heavy atom. The van der Waals surface area contributed by atoms with Crippen LogP contribution in [0, 0.1) is 0 Å². The van der Waals surface area contributed by atoms with Crippen molar-refractivity contribution in [3.8, 4) is 11.5 Å². The number of ether oxygens (including phenoxy) is 2. The van der Waals surface area contributed by atoms with E-state index < -0.39 is 5.97 Å². The van der Waals surface area contributed by atoms with Crippen LogP contribution in [0.2, 0.25) is 0 Å². The monoisotopic (exact) mass is 295 g/mol. The number of pyridine rings is 1. The fourth-order valence-electron chi connectivity index (χ4n) is 2.23. The second-order valence-electron chi connectivity index (χ2n) is 4.63. The van der Waals surface area contributed by atoms with Crippen molar-refractivity contribution in [3.05, 3.63) is 70.5 Å². The Kier molecular flexibility index (Phi) is 3.62. The molecule has 110 valence electrons. The van der Waals surface area contributed by atoms with E-state index in [4.69, 9.17) is 9.47 Å². The summed E-state index contributed by atoms with van der Waals surface area (Å²) in [6.07, 6.45) is 0. The van der Waals surface area contributed by atoms with E-state index in [1.54, 1.807) is 48.5 Å². The molecule has 0 saturated carbocycles. The summed E-state index contributed by atoms with van der Waals surface area (Å²) in [6.45, 7) is 0. The predicted octanol–water partition coefficient (Wildman–Crippen LogP) is 2.76. The molecule has 0 bridgehead atoms. The molecule has 0 unspecified atom stereocenters. The normalized spacial score (nSPS) is 10.4. The van der Waals surface area contributed by atoms with Gasteiger partial charge < -0.3 is 14.5 Å². The Labute approximate surface area is 126 Å². The quantitative estimate of drug-likeness (QED) is 0.596. The Balaban J connectivity index is 2.04. The molecule has 0 amide bonds. The first-order valence-corrected chi connectivity index (χ1v) is 6.66. The van der Waals surface area contributed by atoms with Crippen molar-refractivity contribution in [1.29, 1.82) is 0 Å². The molecule has 0 spiro atoms. The first-order chi connectivity index (χ1) is 10.7. The van der Waals surface area contributed by atoms with Gasteiger partial charge in [-0.1, -0.05) is 30.3 Å². The molecule has 1 heterocycles. The number of aromatic amines is 1. The van der Waals surface area contributed by atoms with E-state index in [9.17, 15) is 9.59 Å². The third kappa shape index (κ3) is 2.56. The number of carbonyl (C=O) groups is 1. The van der Waals surface area contributed by atoms with Crippen molar-refractivity contribution < 1.29 is 14.3 Å². The van der Waals surface area contributed by atoms with E-state index in [0.29, 0.717) is 22.4 Å². The largest absolute Gasteiger partial charge is 0.493 e.